The van der Waals surface area contributed by atoms with Gasteiger partial charge in [-0.3, -0.25) is 4.79 Å². The number of thioether (sulfide) groups is 1. The van der Waals surface area contributed by atoms with E-state index in [4.69, 9.17) is 4.42 Å². The van der Waals surface area contributed by atoms with Gasteiger partial charge >= 0.3 is 0 Å². The van der Waals surface area contributed by atoms with E-state index >= 15 is 0 Å². The van der Waals surface area contributed by atoms with Gasteiger partial charge in [0.05, 0.1) is 10.6 Å². The summed E-state index contributed by atoms with van der Waals surface area (Å²) in [6.45, 7) is 0. The van der Waals surface area contributed by atoms with Crippen molar-refractivity contribution in [1.82, 2.24) is 15.5 Å². The second-order valence-electron chi connectivity index (χ2n) is 5.91. The van der Waals surface area contributed by atoms with Crippen molar-refractivity contribution in [3.8, 4) is 10.8 Å². The summed E-state index contributed by atoms with van der Waals surface area (Å²) < 4.78 is 5.57. The molecule has 22 heavy (non-hydrogen) atoms. The van der Waals surface area contributed by atoms with Crippen molar-refractivity contribution in [3.05, 3.63) is 17.5 Å². The van der Waals surface area contributed by atoms with Gasteiger partial charge in [-0.1, -0.05) is 17.8 Å². The molecule has 0 saturated heterocycles. The Morgan fingerprint density at radius 3 is 2.77 bits per heavy atom. The van der Waals surface area contributed by atoms with Crippen molar-refractivity contribution in [2.45, 2.75) is 36.9 Å². The SMILES string of the molecule is O=C(CSc1nnc(-c2cccs2)o1)NC(C1CC1)C1CC1. The number of carbonyl (C=O) groups is 1. The summed E-state index contributed by atoms with van der Waals surface area (Å²) in [5.41, 5.74) is 0. The van der Waals surface area contributed by atoms with Crippen molar-refractivity contribution in [2.75, 3.05) is 5.75 Å². The Morgan fingerprint density at radius 2 is 2.14 bits per heavy atom. The fourth-order valence-electron chi connectivity index (χ4n) is 2.65. The maximum atomic E-state index is 12.1. The number of carbonyl (C=O) groups excluding carboxylic acids is 1. The standard InChI is InChI=1S/C15H17N3O2S2/c19-12(16-13(9-3-4-9)10-5-6-10)8-22-15-18-17-14(20-15)11-2-1-7-21-11/h1-2,7,9-10,13H,3-6,8H2,(H,16,19). The third-order valence-corrected chi connectivity index (χ3v) is 5.73. The zero-order valence-corrected chi connectivity index (χ0v) is 13.7. The first-order valence-corrected chi connectivity index (χ1v) is 9.45. The van der Waals surface area contributed by atoms with Crippen LogP contribution in [0.1, 0.15) is 25.7 Å². The Bertz CT molecular complexity index is 636. The van der Waals surface area contributed by atoms with Gasteiger partial charge in [-0.25, -0.2) is 0 Å². The maximum absolute atomic E-state index is 12.1. The minimum Gasteiger partial charge on any atom is -0.410 e. The van der Waals surface area contributed by atoms with E-state index in [2.05, 4.69) is 15.5 Å². The van der Waals surface area contributed by atoms with Crippen LogP contribution in [-0.2, 0) is 4.79 Å². The molecule has 2 fully saturated rings. The first-order chi connectivity index (χ1) is 10.8. The monoisotopic (exact) mass is 335 g/mol. The summed E-state index contributed by atoms with van der Waals surface area (Å²) >= 11 is 2.86. The largest absolute Gasteiger partial charge is 0.410 e. The van der Waals surface area contributed by atoms with E-state index in [1.165, 1.54) is 37.4 Å². The van der Waals surface area contributed by atoms with E-state index in [1.54, 1.807) is 11.3 Å². The number of nitrogens with one attached hydrogen (secondary N) is 1. The van der Waals surface area contributed by atoms with Crippen molar-refractivity contribution in [3.63, 3.8) is 0 Å². The Kier molecular flexibility index (Phi) is 3.92. The van der Waals surface area contributed by atoms with Crippen molar-refractivity contribution in [1.29, 1.82) is 0 Å². The van der Waals surface area contributed by atoms with E-state index in [9.17, 15) is 4.79 Å². The fraction of sp³-hybridized carbons (Fsp3) is 0.533. The third kappa shape index (κ3) is 3.35. The van der Waals surface area contributed by atoms with Gasteiger partial charge in [-0.05, 0) is 49.0 Å². The zero-order valence-electron chi connectivity index (χ0n) is 12.0. The summed E-state index contributed by atoms with van der Waals surface area (Å²) in [4.78, 5) is 13.1. The molecule has 0 aliphatic heterocycles. The van der Waals surface area contributed by atoms with Crippen molar-refractivity contribution >= 4 is 29.0 Å². The molecule has 2 saturated carbocycles. The Labute approximate surface area is 136 Å². The Balaban J connectivity index is 1.29. The predicted molar refractivity (Wildman–Crippen MR) is 85.7 cm³/mol. The lowest BCUT2D eigenvalue weighted by atomic mass is 10.1. The summed E-state index contributed by atoms with van der Waals surface area (Å²) in [5, 5.41) is 13.6. The molecule has 2 heterocycles. The third-order valence-electron chi connectivity index (χ3n) is 4.05. The average Bonchev–Trinajstić information content (AvgIpc) is 3.43. The molecule has 2 aliphatic rings. The first kappa shape index (κ1) is 14.3. The van der Waals surface area contributed by atoms with E-state index < -0.39 is 0 Å². The van der Waals surface area contributed by atoms with Crippen LogP contribution in [-0.4, -0.2) is 27.9 Å². The van der Waals surface area contributed by atoms with Gasteiger partial charge in [0.2, 0.25) is 5.91 Å². The molecule has 2 aliphatic carbocycles. The Morgan fingerprint density at radius 1 is 1.36 bits per heavy atom. The number of rotatable bonds is 7. The van der Waals surface area contributed by atoms with Crippen LogP contribution < -0.4 is 5.32 Å². The van der Waals surface area contributed by atoms with Crippen LogP contribution in [0.2, 0.25) is 0 Å². The molecule has 116 valence electrons. The van der Waals surface area contributed by atoms with Crippen LogP contribution in [0.25, 0.3) is 10.8 Å². The summed E-state index contributed by atoms with van der Waals surface area (Å²) in [6.07, 6.45) is 5.07. The van der Waals surface area contributed by atoms with E-state index in [-0.39, 0.29) is 5.91 Å². The topological polar surface area (TPSA) is 68.0 Å². The number of nitrogens with zero attached hydrogens (tertiary/aromatic N) is 2. The molecule has 0 spiro atoms. The maximum Gasteiger partial charge on any atom is 0.277 e. The van der Waals surface area contributed by atoms with E-state index in [0.29, 0.717) is 22.9 Å². The van der Waals surface area contributed by atoms with Gasteiger partial charge in [0.25, 0.3) is 11.1 Å². The minimum absolute atomic E-state index is 0.0738. The highest BCUT2D eigenvalue weighted by molar-refractivity contribution is 7.99. The van der Waals surface area contributed by atoms with Gasteiger partial charge in [-0.15, -0.1) is 21.5 Å². The number of thiophene rings is 1. The number of hydrogen-bond donors (Lipinski definition) is 1. The fourth-order valence-corrected chi connectivity index (χ4v) is 3.87. The normalized spacial score (nSPS) is 17.9. The van der Waals surface area contributed by atoms with Crippen LogP contribution in [0.5, 0.6) is 0 Å². The van der Waals surface area contributed by atoms with Crippen LogP contribution in [0.15, 0.2) is 27.2 Å². The van der Waals surface area contributed by atoms with Gasteiger partial charge in [-0.2, -0.15) is 0 Å². The summed E-state index contributed by atoms with van der Waals surface area (Å²) in [5.74, 6) is 2.36. The highest BCUT2D eigenvalue weighted by atomic mass is 32.2. The zero-order chi connectivity index (χ0) is 14.9. The molecule has 0 unspecified atom stereocenters. The number of aromatic nitrogens is 2. The van der Waals surface area contributed by atoms with Crippen LogP contribution in [0.3, 0.4) is 0 Å². The lowest BCUT2D eigenvalue weighted by Crippen LogP contribution is -2.39. The van der Waals surface area contributed by atoms with Crippen molar-refractivity contribution in [2.24, 2.45) is 11.8 Å². The predicted octanol–water partition coefficient (Wildman–Crippen LogP) is 3.20. The van der Waals surface area contributed by atoms with Crippen LogP contribution in [0, 0.1) is 11.8 Å². The van der Waals surface area contributed by atoms with Crippen LogP contribution >= 0.6 is 23.1 Å². The molecule has 2 aromatic rings. The molecule has 7 heteroatoms. The smallest absolute Gasteiger partial charge is 0.277 e. The van der Waals surface area contributed by atoms with Gasteiger partial charge < -0.3 is 9.73 Å². The van der Waals surface area contributed by atoms with Gasteiger partial charge in [0.1, 0.15) is 0 Å². The molecule has 0 aromatic carbocycles. The molecular weight excluding hydrogens is 318 g/mol. The lowest BCUT2D eigenvalue weighted by Gasteiger charge is -2.17. The van der Waals surface area contributed by atoms with E-state index in [0.717, 1.165) is 16.7 Å². The Hall–Kier alpha value is -1.34. The minimum atomic E-state index is 0.0738. The lowest BCUT2D eigenvalue weighted by molar-refractivity contribution is -0.119. The number of hydrogen-bond acceptors (Lipinski definition) is 6. The highest BCUT2D eigenvalue weighted by Gasteiger charge is 2.42. The molecule has 2 aromatic heterocycles. The molecule has 1 N–H and O–H groups in total. The summed E-state index contributed by atoms with van der Waals surface area (Å²) in [7, 11) is 0. The second kappa shape index (κ2) is 6.04. The second-order valence-corrected chi connectivity index (χ2v) is 7.78. The van der Waals surface area contributed by atoms with Gasteiger partial charge in [0, 0.05) is 6.04 Å². The summed E-state index contributed by atoms with van der Waals surface area (Å²) in [6, 6.07) is 4.28. The van der Waals surface area contributed by atoms with Crippen LogP contribution in [0.4, 0.5) is 0 Å². The molecule has 0 bridgehead atoms. The molecular formula is C15H17N3O2S2. The first-order valence-electron chi connectivity index (χ1n) is 7.59. The highest BCUT2D eigenvalue weighted by Crippen LogP contribution is 2.44. The van der Waals surface area contributed by atoms with Crippen molar-refractivity contribution < 1.29 is 9.21 Å². The van der Waals surface area contributed by atoms with E-state index in [1.807, 2.05) is 17.5 Å². The molecule has 0 atom stereocenters. The molecule has 4 rings (SSSR count). The molecule has 5 nitrogen and oxygen atoms in total. The molecule has 1 amide bonds. The quantitative estimate of drug-likeness (QED) is 0.787. The average molecular weight is 335 g/mol. The number of amides is 1. The molecule has 0 radical (unpaired) electrons. The van der Waals surface area contributed by atoms with Gasteiger partial charge in [0.15, 0.2) is 0 Å².